The summed E-state index contributed by atoms with van der Waals surface area (Å²) >= 11 is 0. The number of sulfone groups is 1. The number of aromatic nitrogens is 1. The Morgan fingerprint density at radius 3 is 2.33 bits per heavy atom. The van der Waals surface area contributed by atoms with Gasteiger partial charge in [0.15, 0.2) is 9.84 Å². The zero-order chi connectivity index (χ0) is 19.7. The molecule has 144 valence electrons. The quantitative estimate of drug-likeness (QED) is 0.825. The number of rotatable bonds is 4. The van der Waals surface area contributed by atoms with Gasteiger partial charge in [-0.3, -0.25) is 4.79 Å². The van der Waals surface area contributed by atoms with Crippen LogP contribution in [0.2, 0.25) is 0 Å². The van der Waals surface area contributed by atoms with Crippen molar-refractivity contribution in [1.82, 2.24) is 4.98 Å². The van der Waals surface area contributed by atoms with Gasteiger partial charge in [-0.1, -0.05) is 0 Å². The molecule has 0 bridgehead atoms. The number of nitrogens with zero attached hydrogens (tertiary/aromatic N) is 1. The first-order valence-corrected chi connectivity index (χ1v) is 9.86. The third kappa shape index (κ3) is 4.97. The molecular weight excluding hydrogens is 383 g/mol. The fourth-order valence-corrected chi connectivity index (χ4v) is 4.35. The number of nitrogens with one attached hydrogen (secondary N) is 2. The lowest BCUT2D eigenvalue weighted by Gasteiger charge is -2.12. The smallest absolute Gasteiger partial charge is 0.366 e. The normalized spacial score (nSPS) is 18.9. The van der Waals surface area contributed by atoms with Crippen LogP contribution in [0.1, 0.15) is 22.3 Å². The van der Waals surface area contributed by atoms with E-state index < -0.39 is 27.5 Å². The fraction of sp³-hybridized carbons (Fsp3) is 0.294. The van der Waals surface area contributed by atoms with E-state index in [4.69, 9.17) is 0 Å². The number of hydrogen-bond acceptors (Lipinski definition) is 5. The van der Waals surface area contributed by atoms with Gasteiger partial charge in [0.25, 0.3) is 5.91 Å². The number of alkyl halides is 3. The second-order valence-electron chi connectivity index (χ2n) is 6.21. The zero-order valence-electron chi connectivity index (χ0n) is 14.0. The first-order valence-electron chi connectivity index (χ1n) is 8.04. The van der Waals surface area contributed by atoms with Crippen LogP contribution in [0.15, 0.2) is 42.6 Å². The Hall–Kier alpha value is -2.62. The molecule has 1 aromatic carbocycles. The maximum Gasteiger partial charge on any atom is 0.416 e. The molecule has 1 aromatic heterocycles. The lowest BCUT2D eigenvalue weighted by atomic mass is 10.2. The summed E-state index contributed by atoms with van der Waals surface area (Å²) in [6.07, 6.45) is -2.63. The summed E-state index contributed by atoms with van der Waals surface area (Å²) in [5.74, 6) is 0.115. The van der Waals surface area contributed by atoms with E-state index in [1.54, 1.807) is 6.07 Å². The van der Waals surface area contributed by atoms with Crippen molar-refractivity contribution in [1.29, 1.82) is 0 Å². The monoisotopic (exact) mass is 399 g/mol. The number of carbonyl (C=O) groups excluding carboxylic acids is 1. The van der Waals surface area contributed by atoms with Crippen molar-refractivity contribution in [3.05, 3.63) is 53.7 Å². The third-order valence-electron chi connectivity index (χ3n) is 4.08. The van der Waals surface area contributed by atoms with Gasteiger partial charge in [0.05, 0.1) is 22.6 Å². The summed E-state index contributed by atoms with van der Waals surface area (Å²) in [5, 5.41) is 5.50. The van der Waals surface area contributed by atoms with Gasteiger partial charge in [0.2, 0.25) is 0 Å². The highest BCUT2D eigenvalue weighted by Gasteiger charge is 2.30. The number of carbonyl (C=O) groups is 1. The largest absolute Gasteiger partial charge is 0.416 e. The van der Waals surface area contributed by atoms with Crippen molar-refractivity contribution in [2.24, 2.45) is 0 Å². The zero-order valence-corrected chi connectivity index (χ0v) is 14.8. The second kappa shape index (κ2) is 7.18. The molecular formula is C17H16F3N3O3S. The van der Waals surface area contributed by atoms with E-state index in [2.05, 4.69) is 15.6 Å². The van der Waals surface area contributed by atoms with Crippen LogP contribution >= 0.6 is 0 Å². The predicted molar refractivity (Wildman–Crippen MR) is 94.3 cm³/mol. The van der Waals surface area contributed by atoms with Gasteiger partial charge >= 0.3 is 6.18 Å². The summed E-state index contributed by atoms with van der Waals surface area (Å²) in [4.78, 5) is 16.2. The molecule has 27 heavy (non-hydrogen) atoms. The van der Waals surface area contributed by atoms with Crippen molar-refractivity contribution in [3.63, 3.8) is 0 Å². The molecule has 1 aliphatic rings. The van der Waals surface area contributed by atoms with Crippen LogP contribution in [0.3, 0.4) is 0 Å². The molecule has 1 fully saturated rings. The molecule has 6 nitrogen and oxygen atoms in total. The van der Waals surface area contributed by atoms with Crippen LogP contribution in [0.4, 0.5) is 24.7 Å². The summed E-state index contributed by atoms with van der Waals surface area (Å²) in [6, 6.07) is 6.95. The van der Waals surface area contributed by atoms with Gasteiger partial charge in [0, 0.05) is 17.9 Å². The minimum atomic E-state index is -4.44. The van der Waals surface area contributed by atoms with E-state index in [9.17, 15) is 26.4 Å². The van der Waals surface area contributed by atoms with Gasteiger partial charge in [0.1, 0.15) is 5.82 Å². The molecule has 1 amide bonds. The maximum absolute atomic E-state index is 12.5. The molecule has 2 aromatic rings. The maximum atomic E-state index is 12.5. The van der Waals surface area contributed by atoms with E-state index in [1.165, 1.54) is 24.4 Å². The molecule has 0 spiro atoms. The number of amides is 1. The Labute approximate surface area is 153 Å². The van der Waals surface area contributed by atoms with Crippen molar-refractivity contribution in [2.45, 2.75) is 18.6 Å². The highest BCUT2D eigenvalue weighted by Crippen LogP contribution is 2.29. The van der Waals surface area contributed by atoms with Crippen molar-refractivity contribution >= 4 is 27.2 Å². The van der Waals surface area contributed by atoms with E-state index in [0.717, 1.165) is 12.1 Å². The van der Waals surface area contributed by atoms with Gasteiger partial charge in [-0.15, -0.1) is 0 Å². The molecule has 1 aliphatic heterocycles. The van der Waals surface area contributed by atoms with E-state index in [1.807, 2.05) is 0 Å². The molecule has 2 N–H and O–H groups in total. The Kier molecular flexibility index (Phi) is 5.09. The summed E-state index contributed by atoms with van der Waals surface area (Å²) in [7, 11) is -3.01. The molecule has 1 saturated heterocycles. The topological polar surface area (TPSA) is 88.2 Å². The Bertz CT molecular complexity index is 927. The summed E-state index contributed by atoms with van der Waals surface area (Å²) < 4.78 is 60.5. The van der Waals surface area contributed by atoms with Crippen LogP contribution in [0, 0.1) is 0 Å². The predicted octanol–water partition coefficient (Wildman–Crippen LogP) is 2.95. The lowest BCUT2D eigenvalue weighted by Crippen LogP contribution is -2.21. The second-order valence-corrected chi connectivity index (χ2v) is 8.43. The first-order chi connectivity index (χ1) is 12.6. The van der Waals surface area contributed by atoms with E-state index >= 15 is 0 Å². The fourth-order valence-electron chi connectivity index (χ4n) is 2.68. The molecule has 2 heterocycles. The molecule has 1 atom stereocenters. The number of anilines is 2. The SMILES string of the molecule is O=C(Nc1ccc(C(F)(F)F)cc1)c1ccc(NC2CCS(=O)(=O)C2)nc1. The van der Waals surface area contributed by atoms with Crippen molar-refractivity contribution in [3.8, 4) is 0 Å². The van der Waals surface area contributed by atoms with Gasteiger partial charge < -0.3 is 10.6 Å². The number of hydrogen-bond donors (Lipinski definition) is 2. The number of benzene rings is 1. The molecule has 0 saturated carbocycles. The van der Waals surface area contributed by atoms with Gasteiger partial charge in [-0.25, -0.2) is 13.4 Å². The minimum Gasteiger partial charge on any atom is -0.366 e. The van der Waals surface area contributed by atoms with Crippen LogP contribution in [0.25, 0.3) is 0 Å². The molecule has 0 radical (unpaired) electrons. The van der Waals surface area contributed by atoms with Crippen LogP contribution in [-0.2, 0) is 16.0 Å². The Balaban J connectivity index is 1.60. The van der Waals surface area contributed by atoms with E-state index in [0.29, 0.717) is 12.2 Å². The Morgan fingerprint density at radius 1 is 1.11 bits per heavy atom. The molecule has 10 heteroatoms. The van der Waals surface area contributed by atoms with Crippen LogP contribution in [0.5, 0.6) is 0 Å². The Morgan fingerprint density at radius 2 is 1.81 bits per heavy atom. The average molecular weight is 399 g/mol. The van der Waals surface area contributed by atoms with Crippen LogP contribution < -0.4 is 10.6 Å². The standard InChI is InChI=1S/C17H16F3N3O3S/c18-17(19,20)12-2-4-13(5-3-12)23-16(24)11-1-6-15(21-9-11)22-14-7-8-27(25,26)10-14/h1-6,9,14H,7-8,10H2,(H,21,22)(H,23,24). The average Bonchev–Trinajstić information content (AvgIpc) is 2.93. The number of halogens is 3. The lowest BCUT2D eigenvalue weighted by molar-refractivity contribution is -0.137. The first kappa shape index (κ1) is 19.2. The third-order valence-corrected chi connectivity index (χ3v) is 5.85. The van der Waals surface area contributed by atoms with E-state index in [-0.39, 0.29) is 28.8 Å². The highest BCUT2D eigenvalue weighted by atomic mass is 32.2. The number of pyridine rings is 1. The summed E-state index contributed by atoms with van der Waals surface area (Å²) in [5.41, 5.74) is -0.350. The highest BCUT2D eigenvalue weighted by molar-refractivity contribution is 7.91. The molecule has 3 rings (SSSR count). The van der Waals surface area contributed by atoms with Gasteiger partial charge in [-0.05, 0) is 42.8 Å². The minimum absolute atomic E-state index is 0.0465. The molecule has 1 unspecified atom stereocenters. The van der Waals surface area contributed by atoms with Crippen molar-refractivity contribution in [2.75, 3.05) is 22.1 Å². The summed E-state index contributed by atoms with van der Waals surface area (Å²) in [6.45, 7) is 0. The van der Waals surface area contributed by atoms with Crippen LogP contribution in [-0.4, -0.2) is 36.9 Å². The van der Waals surface area contributed by atoms with Gasteiger partial charge in [-0.2, -0.15) is 13.2 Å². The molecule has 0 aliphatic carbocycles. The van der Waals surface area contributed by atoms with Crippen molar-refractivity contribution < 1.29 is 26.4 Å².